The molecular weight excluding hydrogens is 344 g/mol. The van der Waals surface area contributed by atoms with E-state index in [9.17, 15) is 4.79 Å². The molecule has 0 radical (unpaired) electrons. The predicted octanol–water partition coefficient (Wildman–Crippen LogP) is 8.32. The number of unbranched alkanes of at least 4 members (excludes halogenated alkanes) is 12. The molecule has 0 rings (SSSR count). The van der Waals surface area contributed by atoms with E-state index in [2.05, 4.69) is 38.3 Å². The minimum Gasteiger partial charge on any atom is -0.465 e. The van der Waals surface area contributed by atoms with E-state index in [4.69, 9.17) is 4.74 Å². The molecule has 0 aromatic rings. The summed E-state index contributed by atoms with van der Waals surface area (Å²) < 4.78 is 5.38. The van der Waals surface area contributed by atoms with Gasteiger partial charge in [-0.05, 0) is 44.6 Å². The molecule has 0 amide bonds. The Balaban J connectivity index is 3.63. The molecule has 162 valence electrons. The number of rotatable bonds is 20. The monoisotopic (exact) mass is 390 g/mol. The van der Waals surface area contributed by atoms with Crippen molar-refractivity contribution < 1.29 is 9.53 Å². The second-order valence-electron chi connectivity index (χ2n) is 7.87. The maximum absolute atomic E-state index is 12.1. The van der Waals surface area contributed by atoms with Gasteiger partial charge in [-0.25, -0.2) is 0 Å². The summed E-state index contributed by atoms with van der Waals surface area (Å²) in [5.41, 5.74) is 2.76. The van der Waals surface area contributed by atoms with Crippen LogP contribution in [-0.4, -0.2) is 12.6 Å². The van der Waals surface area contributed by atoms with Crippen LogP contribution >= 0.6 is 0 Å². The van der Waals surface area contributed by atoms with E-state index in [1.54, 1.807) is 6.08 Å². The van der Waals surface area contributed by atoms with Crippen molar-refractivity contribution in [2.45, 2.75) is 117 Å². The first-order valence-electron chi connectivity index (χ1n) is 11.9. The Labute approximate surface area is 175 Å². The number of carbonyl (C=O) groups excluding carboxylic acids is 1. The molecule has 0 aromatic heterocycles. The second kappa shape index (κ2) is 22.0. The molecule has 2 nitrogen and oxygen atoms in total. The summed E-state index contributed by atoms with van der Waals surface area (Å²) in [6, 6.07) is 0. The number of hydrogen-bond acceptors (Lipinski definition) is 2. The molecule has 28 heavy (non-hydrogen) atoms. The number of esters is 1. The molecule has 0 aromatic carbocycles. The molecular formula is C26H46O2. The topological polar surface area (TPSA) is 26.3 Å². The molecule has 0 aliphatic rings. The lowest BCUT2D eigenvalue weighted by Crippen LogP contribution is -2.16. The van der Waals surface area contributed by atoms with Gasteiger partial charge in [0.05, 0.1) is 12.5 Å². The molecule has 0 aliphatic carbocycles. The lowest BCUT2D eigenvalue weighted by atomic mass is 10.00. The van der Waals surface area contributed by atoms with Gasteiger partial charge in [0.25, 0.3) is 0 Å². The Morgan fingerprint density at radius 1 is 0.821 bits per heavy atom. The summed E-state index contributed by atoms with van der Waals surface area (Å²) in [4.78, 5) is 12.1. The van der Waals surface area contributed by atoms with E-state index < -0.39 is 0 Å². The molecule has 1 atom stereocenters. The molecule has 2 heteroatoms. The largest absolute Gasteiger partial charge is 0.465 e. The molecule has 0 fully saturated rings. The molecule has 0 spiro atoms. The third kappa shape index (κ3) is 18.1. The SMILES string of the molecule is C=C=CC(CCCCCC/C=C\CCCCCCCC)C(=O)OCCCCC. The fourth-order valence-electron chi connectivity index (χ4n) is 3.30. The molecule has 0 N–H and O–H groups in total. The van der Waals surface area contributed by atoms with E-state index in [0.717, 1.165) is 32.1 Å². The summed E-state index contributed by atoms with van der Waals surface area (Å²) in [6.45, 7) is 8.57. The smallest absolute Gasteiger partial charge is 0.313 e. The first kappa shape index (κ1) is 26.7. The van der Waals surface area contributed by atoms with Gasteiger partial charge in [-0.3, -0.25) is 4.79 Å². The summed E-state index contributed by atoms with van der Waals surface area (Å²) in [5.74, 6) is -0.277. The summed E-state index contributed by atoms with van der Waals surface area (Å²) >= 11 is 0. The predicted molar refractivity (Wildman–Crippen MR) is 123 cm³/mol. The van der Waals surface area contributed by atoms with Crippen LogP contribution < -0.4 is 0 Å². The van der Waals surface area contributed by atoms with Crippen molar-refractivity contribution in [3.05, 3.63) is 30.5 Å². The number of allylic oxidation sites excluding steroid dienone is 2. The summed E-state index contributed by atoms with van der Waals surface area (Å²) in [7, 11) is 0. The van der Waals surface area contributed by atoms with Gasteiger partial charge in [-0.2, -0.15) is 0 Å². The number of carbonyl (C=O) groups is 1. The summed E-state index contributed by atoms with van der Waals surface area (Å²) in [6.07, 6.45) is 25.9. The molecule has 0 saturated carbocycles. The van der Waals surface area contributed by atoms with Crippen molar-refractivity contribution in [2.75, 3.05) is 6.61 Å². The highest BCUT2D eigenvalue weighted by Crippen LogP contribution is 2.15. The van der Waals surface area contributed by atoms with Gasteiger partial charge in [0, 0.05) is 0 Å². The van der Waals surface area contributed by atoms with Crippen LogP contribution in [0.25, 0.3) is 0 Å². The zero-order chi connectivity index (χ0) is 20.7. The van der Waals surface area contributed by atoms with Gasteiger partial charge in [-0.15, -0.1) is 5.73 Å². The Bertz CT molecular complexity index is 418. The van der Waals surface area contributed by atoms with Crippen LogP contribution in [0, 0.1) is 5.92 Å². The van der Waals surface area contributed by atoms with Gasteiger partial charge >= 0.3 is 5.97 Å². The normalized spacial score (nSPS) is 12.1. The van der Waals surface area contributed by atoms with E-state index in [-0.39, 0.29) is 11.9 Å². The van der Waals surface area contributed by atoms with Crippen LogP contribution in [0.5, 0.6) is 0 Å². The standard InChI is InChI=1S/C26H46O2/c1-4-7-9-10-11-12-13-14-15-16-17-18-19-20-23-25(22-6-3)26(27)28-24-21-8-5-2/h14-15,22,25H,3-5,7-13,16-21,23-24H2,1-2H3/b15-14-. The van der Waals surface area contributed by atoms with Crippen LogP contribution in [0.15, 0.2) is 30.5 Å². The first-order valence-corrected chi connectivity index (χ1v) is 11.9. The van der Waals surface area contributed by atoms with Gasteiger partial charge < -0.3 is 4.74 Å². The van der Waals surface area contributed by atoms with E-state index in [0.29, 0.717) is 6.61 Å². The van der Waals surface area contributed by atoms with Gasteiger partial charge in [0.15, 0.2) is 0 Å². The maximum atomic E-state index is 12.1. The minimum absolute atomic E-state index is 0.107. The zero-order valence-electron chi connectivity index (χ0n) is 18.9. The van der Waals surface area contributed by atoms with E-state index in [1.807, 2.05) is 0 Å². The average Bonchev–Trinajstić information content (AvgIpc) is 2.70. The molecule has 0 saturated heterocycles. The third-order valence-corrected chi connectivity index (χ3v) is 5.14. The fourth-order valence-corrected chi connectivity index (χ4v) is 3.30. The Morgan fingerprint density at radius 2 is 1.36 bits per heavy atom. The zero-order valence-corrected chi connectivity index (χ0v) is 18.9. The van der Waals surface area contributed by atoms with E-state index >= 15 is 0 Å². The highest BCUT2D eigenvalue weighted by molar-refractivity contribution is 5.74. The van der Waals surface area contributed by atoms with Crippen LogP contribution in [0.3, 0.4) is 0 Å². The molecule has 0 heterocycles. The lowest BCUT2D eigenvalue weighted by Gasteiger charge is -2.11. The second-order valence-corrected chi connectivity index (χ2v) is 7.87. The van der Waals surface area contributed by atoms with Crippen molar-refractivity contribution in [1.29, 1.82) is 0 Å². The quantitative estimate of drug-likeness (QED) is 0.0903. The Hall–Kier alpha value is -1.27. The summed E-state index contributed by atoms with van der Waals surface area (Å²) in [5, 5.41) is 0. The average molecular weight is 391 g/mol. The Morgan fingerprint density at radius 3 is 1.96 bits per heavy atom. The van der Waals surface area contributed by atoms with Crippen LogP contribution in [0.1, 0.15) is 117 Å². The first-order chi connectivity index (χ1) is 13.8. The van der Waals surface area contributed by atoms with Crippen molar-refractivity contribution in [2.24, 2.45) is 5.92 Å². The van der Waals surface area contributed by atoms with Crippen molar-refractivity contribution in [1.82, 2.24) is 0 Å². The Kier molecular flexibility index (Phi) is 21.0. The molecule has 0 aliphatic heterocycles. The fraction of sp³-hybridized carbons (Fsp3) is 0.769. The van der Waals surface area contributed by atoms with Gasteiger partial charge in [0.2, 0.25) is 0 Å². The van der Waals surface area contributed by atoms with Crippen LogP contribution in [0.2, 0.25) is 0 Å². The molecule has 0 bridgehead atoms. The van der Waals surface area contributed by atoms with Gasteiger partial charge in [0.1, 0.15) is 0 Å². The molecule has 1 unspecified atom stereocenters. The van der Waals surface area contributed by atoms with Crippen molar-refractivity contribution in [3.8, 4) is 0 Å². The third-order valence-electron chi connectivity index (χ3n) is 5.14. The van der Waals surface area contributed by atoms with Crippen LogP contribution in [-0.2, 0) is 9.53 Å². The van der Waals surface area contributed by atoms with Crippen LogP contribution in [0.4, 0.5) is 0 Å². The van der Waals surface area contributed by atoms with Crippen molar-refractivity contribution in [3.63, 3.8) is 0 Å². The van der Waals surface area contributed by atoms with Crippen molar-refractivity contribution >= 4 is 5.97 Å². The lowest BCUT2D eigenvalue weighted by molar-refractivity contribution is -0.147. The maximum Gasteiger partial charge on any atom is 0.313 e. The number of hydrogen-bond donors (Lipinski definition) is 0. The van der Waals surface area contributed by atoms with E-state index in [1.165, 1.54) is 70.6 Å². The highest BCUT2D eigenvalue weighted by Gasteiger charge is 2.16. The number of ether oxygens (including phenoxy) is 1. The highest BCUT2D eigenvalue weighted by atomic mass is 16.5. The van der Waals surface area contributed by atoms with Gasteiger partial charge in [-0.1, -0.05) is 96.8 Å². The minimum atomic E-state index is -0.170.